The highest BCUT2D eigenvalue weighted by molar-refractivity contribution is 6.31. The van der Waals surface area contributed by atoms with Gasteiger partial charge in [0, 0.05) is 10.6 Å². The van der Waals surface area contributed by atoms with Crippen molar-refractivity contribution in [1.82, 2.24) is 0 Å². The molecule has 0 atom stereocenters. The van der Waals surface area contributed by atoms with E-state index >= 15 is 0 Å². The zero-order valence-corrected chi connectivity index (χ0v) is 10.6. The van der Waals surface area contributed by atoms with Gasteiger partial charge in [0.05, 0.1) is 6.54 Å². The summed E-state index contributed by atoms with van der Waals surface area (Å²) in [5, 5.41) is 0.814. The van der Waals surface area contributed by atoms with Crippen LogP contribution in [0, 0.1) is 0 Å². The van der Waals surface area contributed by atoms with Gasteiger partial charge in [0.25, 0.3) is 0 Å². The van der Waals surface area contributed by atoms with E-state index in [4.69, 9.17) is 17.3 Å². The van der Waals surface area contributed by atoms with Crippen molar-refractivity contribution in [1.29, 1.82) is 0 Å². The number of hydrogen-bond acceptors (Lipinski definition) is 2. The third-order valence-electron chi connectivity index (χ3n) is 3.22. The first-order valence-corrected chi connectivity index (χ1v) is 6.27. The number of fused-ring (bicyclic) bond motifs is 1. The standard InChI is InChI=1S/C15H13ClN2/c16-14-4-2-1-3-11(14)7-10-5-6-13-12(8-10)9-18-15(13)17/h1-6,8H,7,9H2,(H2,17,18). The molecule has 1 heterocycles. The van der Waals surface area contributed by atoms with Crippen molar-refractivity contribution in [3.8, 4) is 0 Å². The fourth-order valence-electron chi connectivity index (χ4n) is 2.25. The first-order valence-electron chi connectivity index (χ1n) is 5.89. The first-order chi connectivity index (χ1) is 8.74. The minimum atomic E-state index is 0.647. The molecule has 1 aliphatic heterocycles. The van der Waals surface area contributed by atoms with E-state index in [1.54, 1.807) is 0 Å². The Balaban J connectivity index is 1.90. The number of rotatable bonds is 2. The van der Waals surface area contributed by atoms with Crippen LogP contribution in [-0.2, 0) is 13.0 Å². The molecule has 0 aromatic heterocycles. The molecule has 3 rings (SSSR count). The van der Waals surface area contributed by atoms with Crippen molar-refractivity contribution in [3.63, 3.8) is 0 Å². The summed E-state index contributed by atoms with van der Waals surface area (Å²) in [6.45, 7) is 0.692. The van der Waals surface area contributed by atoms with Gasteiger partial charge in [-0.3, -0.25) is 4.99 Å². The van der Waals surface area contributed by atoms with Crippen molar-refractivity contribution in [2.75, 3.05) is 0 Å². The summed E-state index contributed by atoms with van der Waals surface area (Å²) in [6, 6.07) is 14.2. The van der Waals surface area contributed by atoms with Crippen LogP contribution in [0.3, 0.4) is 0 Å². The number of nitrogens with two attached hydrogens (primary N) is 1. The van der Waals surface area contributed by atoms with Gasteiger partial charge < -0.3 is 5.73 Å². The van der Waals surface area contributed by atoms with Crippen LogP contribution in [-0.4, -0.2) is 5.84 Å². The molecular weight excluding hydrogens is 244 g/mol. The van der Waals surface area contributed by atoms with Gasteiger partial charge in [-0.1, -0.05) is 48.0 Å². The second-order valence-corrected chi connectivity index (χ2v) is 4.87. The molecule has 0 saturated heterocycles. The van der Waals surface area contributed by atoms with Crippen LogP contribution in [0.5, 0.6) is 0 Å². The third kappa shape index (κ3) is 2.00. The Labute approximate surface area is 111 Å². The lowest BCUT2D eigenvalue weighted by Crippen LogP contribution is -2.10. The minimum absolute atomic E-state index is 0.647. The molecule has 0 saturated carbocycles. The number of benzene rings is 2. The van der Waals surface area contributed by atoms with E-state index in [1.807, 2.05) is 24.3 Å². The second-order valence-electron chi connectivity index (χ2n) is 4.46. The maximum atomic E-state index is 6.17. The number of amidine groups is 1. The smallest absolute Gasteiger partial charge is 0.126 e. The van der Waals surface area contributed by atoms with Gasteiger partial charge in [-0.25, -0.2) is 0 Å². The predicted octanol–water partition coefficient (Wildman–Crippen LogP) is 3.15. The van der Waals surface area contributed by atoms with Gasteiger partial charge in [0.1, 0.15) is 5.84 Å². The lowest BCUT2D eigenvalue weighted by atomic mass is 10.00. The molecule has 0 spiro atoms. The molecule has 2 nitrogen and oxygen atoms in total. The van der Waals surface area contributed by atoms with Gasteiger partial charge in [0.2, 0.25) is 0 Å². The molecule has 2 aromatic carbocycles. The highest BCUT2D eigenvalue weighted by Gasteiger charge is 2.13. The van der Waals surface area contributed by atoms with Gasteiger partial charge >= 0.3 is 0 Å². The van der Waals surface area contributed by atoms with Crippen molar-refractivity contribution < 1.29 is 0 Å². The first kappa shape index (κ1) is 11.3. The summed E-state index contributed by atoms with van der Waals surface area (Å²) in [6.07, 6.45) is 0.840. The topological polar surface area (TPSA) is 38.4 Å². The maximum Gasteiger partial charge on any atom is 0.126 e. The lowest BCUT2D eigenvalue weighted by Gasteiger charge is -2.06. The predicted molar refractivity (Wildman–Crippen MR) is 75.1 cm³/mol. The highest BCUT2D eigenvalue weighted by atomic mass is 35.5. The average Bonchev–Trinajstić information content (AvgIpc) is 2.74. The Morgan fingerprint density at radius 3 is 2.83 bits per heavy atom. The van der Waals surface area contributed by atoms with E-state index in [1.165, 1.54) is 11.1 Å². The molecule has 0 aliphatic carbocycles. The second kappa shape index (κ2) is 4.46. The molecule has 0 unspecified atom stereocenters. The molecule has 2 N–H and O–H groups in total. The molecule has 0 amide bonds. The molecule has 2 aromatic rings. The summed E-state index contributed by atoms with van der Waals surface area (Å²) >= 11 is 6.17. The number of nitrogens with zero attached hydrogens (tertiary/aromatic N) is 1. The van der Waals surface area contributed by atoms with Crippen LogP contribution in [0.4, 0.5) is 0 Å². The summed E-state index contributed by atoms with van der Waals surface area (Å²) in [7, 11) is 0. The molecule has 90 valence electrons. The van der Waals surface area contributed by atoms with Gasteiger partial charge in [-0.2, -0.15) is 0 Å². The van der Waals surface area contributed by atoms with Crippen LogP contribution in [0.25, 0.3) is 0 Å². The Kier molecular flexibility index (Phi) is 2.80. The fraction of sp³-hybridized carbons (Fsp3) is 0.133. The van der Waals surface area contributed by atoms with E-state index in [0.717, 1.165) is 22.6 Å². The molecule has 3 heteroatoms. The van der Waals surface area contributed by atoms with Gasteiger partial charge in [0.15, 0.2) is 0 Å². The molecular formula is C15H13ClN2. The molecule has 18 heavy (non-hydrogen) atoms. The van der Waals surface area contributed by atoms with Crippen LogP contribution in [0.2, 0.25) is 5.02 Å². The summed E-state index contributed by atoms with van der Waals surface area (Å²) in [5.74, 6) is 0.647. The van der Waals surface area contributed by atoms with E-state index in [-0.39, 0.29) is 0 Å². The highest BCUT2D eigenvalue weighted by Crippen LogP contribution is 2.23. The summed E-state index contributed by atoms with van der Waals surface area (Å²) < 4.78 is 0. The van der Waals surface area contributed by atoms with Crippen molar-refractivity contribution >= 4 is 17.4 Å². The third-order valence-corrected chi connectivity index (χ3v) is 3.59. The van der Waals surface area contributed by atoms with E-state index in [0.29, 0.717) is 12.4 Å². The van der Waals surface area contributed by atoms with Gasteiger partial charge in [-0.05, 0) is 29.2 Å². The molecule has 1 aliphatic rings. The van der Waals surface area contributed by atoms with Crippen molar-refractivity contribution in [3.05, 3.63) is 69.7 Å². The summed E-state index contributed by atoms with van der Waals surface area (Å²) in [4.78, 5) is 4.24. The maximum absolute atomic E-state index is 6.17. The van der Waals surface area contributed by atoms with E-state index in [2.05, 4.69) is 23.2 Å². The normalized spacial score (nSPS) is 13.3. The number of halogens is 1. The van der Waals surface area contributed by atoms with Crippen LogP contribution >= 0.6 is 11.6 Å². The zero-order valence-electron chi connectivity index (χ0n) is 9.86. The zero-order chi connectivity index (χ0) is 12.5. The van der Waals surface area contributed by atoms with Crippen LogP contribution in [0.1, 0.15) is 22.3 Å². The molecule has 0 bridgehead atoms. The van der Waals surface area contributed by atoms with Crippen molar-refractivity contribution in [2.24, 2.45) is 10.7 Å². The Morgan fingerprint density at radius 2 is 2.00 bits per heavy atom. The number of hydrogen-bond donors (Lipinski definition) is 1. The Bertz CT molecular complexity index is 632. The largest absolute Gasteiger partial charge is 0.383 e. The van der Waals surface area contributed by atoms with Crippen molar-refractivity contribution in [2.45, 2.75) is 13.0 Å². The van der Waals surface area contributed by atoms with Crippen LogP contribution in [0.15, 0.2) is 47.5 Å². The Morgan fingerprint density at radius 1 is 1.17 bits per heavy atom. The quantitative estimate of drug-likeness (QED) is 0.881. The van der Waals surface area contributed by atoms with E-state index in [9.17, 15) is 0 Å². The SMILES string of the molecule is NC1=NCc2cc(Cc3ccccc3Cl)ccc21. The van der Waals surface area contributed by atoms with Crippen LogP contribution < -0.4 is 5.73 Å². The van der Waals surface area contributed by atoms with E-state index < -0.39 is 0 Å². The molecule has 0 fully saturated rings. The number of aliphatic imine (C=N–C) groups is 1. The lowest BCUT2D eigenvalue weighted by molar-refractivity contribution is 1.09. The monoisotopic (exact) mass is 256 g/mol. The summed E-state index contributed by atoms with van der Waals surface area (Å²) in [5.41, 5.74) is 10.5. The fourth-order valence-corrected chi connectivity index (χ4v) is 2.46. The van der Waals surface area contributed by atoms with Gasteiger partial charge in [-0.15, -0.1) is 0 Å². The minimum Gasteiger partial charge on any atom is -0.383 e. The average molecular weight is 257 g/mol. The Hall–Kier alpha value is -1.80. The molecule has 0 radical (unpaired) electrons.